The molecule has 1 saturated carbocycles. The third kappa shape index (κ3) is 4.45. The van der Waals surface area contributed by atoms with E-state index >= 15 is 0 Å². The second-order valence-electron chi connectivity index (χ2n) is 7.37. The average molecular weight is 303 g/mol. The molecule has 0 bridgehead atoms. The fourth-order valence-electron chi connectivity index (χ4n) is 4.09. The predicted octanol–water partition coefficient (Wildman–Crippen LogP) is 5.41. The van der Waals surface area contributed by atoms with Gasteiger partial charge in [0.15, 0.2) is 0 Å². The summed E-state index contributed by atoms with van der Waals surface area (Å²) in [5, 5.41) is 1.74. The Bertz CT molecular complexity index is 427. The van der Waals surface area contributed by atoms with Gasteiger partial charge in [0.1, 0.15) is 0 Å². The van der Waals surface area contributed by atoms with Crippen LogP contribution < -0.4 is 5.19 Å². The van der Waals surface area contributed by atoms with Gasteiger partial charge in [0.25, 0.3) is 0 Å². The quantitative estimate of drug-likeness (QED) is 0.617. The SMILES string of the molecule is CCCc1ccc(C2CCC(CCC)CC2)cc1[SiH](C)C. The van der Waals surface area contributed by atoms with Crippen LogP contribution in [-0.2, 0) is 6.42 Å². The Balaban J connectivity index is 2.09. The molecule has 0 aliphatic heterocycles. The average Bonchev–Trinajstić information content (AvgIpc) is 2.49. The van der Waals surface area contributed by atoms with Gasteiger partial charge in [0, 0.05) is 0 Å². The first-order valence-electron chi connectivity index (χ1n) is 9.28. The summed E-state index contributed by atoms with van der Waals surface area (Å²) in [5.74, 6) is 1.87. The van der Waals surface area contributed by atoms with Crippen molar-refractivity contribution >= 4 is 14.0 Å². The molecule has 21 heavy (non-hydrogen) atoms. The van der Waals surface area contributed by atoms with Crippen molar-refractivity contribution in [2.24, 2.45) is 5.92 Å². The highest BCUT2D eigenvalue weighted by Gasteiger charge is 2.22. The van der Waals surface area contributed by atoms with Gasteiger partial charge >= 0.3 is 0 Å². The molecule has 1 aliphatic carbocycles. The zero-order valence-corrected chi connectivity index (χ0v) is 15.8. The maximum Gasteiger partial charge on any atom is 0.0651 e. The molecular formula is C20H34Si. The van der Waals surface area contributed by atoms with Gasteiger partial charge in [-0.05, 0) is 55.1 Å². The lowest BCUT2D eigenvalue weighted by molar-refractivity contribution is 0.308. The zero-order valence-electron chi connectivity index (χ0n) is 14.6. The van der Waals surface area contributed by atoms with Gasteiger partial charge in [-0.2, -0.15) is 0 Å². The number of benzene rings is 1. The van der Waals surface area contributed by atoms with E-state index in [0.717, 1.165) is 11.8 Å². The molecule has 0 atom stereocenters. The van der Waals surface area contributed by atoms with Crippen molar-refractivity contribution in [3.05, 3.63) is 29.3 Å². The van der Waals surface area contributed by atoms with E-state index in [4.69, 9.17) is 0 Å². The highest BCUT2D eigenvalue weighted by atomic mass is 28.3. The second-order valence-corrected chi connectivity index (χ2v) is 10.3. The molecule has 0 spiro atoms. The number of hydrogen-bond acceptors (Lipinski definition) is 0. The molecule has 0 radical (unpaired) electrons. The molecule has 1 heteroatoms. The van der Waals surface area contributed by atoms with E-state index in [2.05, 4.69) is 45.1 Å². The van der Waals surface area contributed by atoms with Crippen molar-refractivity contribution in [1.82, 2.24) is 0 Å². The fraction of sp³-hybridized carbons (Fsp3) is 0.700. The predicted molar refractivity (Wildman–Crippen MR) is 98.6 cm³/mol. The normalized spacial score (nSPS) is 22.7. The first-order chi connectivity index (χ1) is 10.2. The highest BCUT2D eigenvalue weighted by molar-refractivity contribution is 6.71. The van der Waals surface area contributed by atoms with Gasteiger partial charge in [-0.1, -0.05) is 69.6 Å². The minimum Gasteiger partial charge on any atom is -0.0682 e. The van der Waals surface area contributed by atoms with Gasteiger partial charge in [-0.15, -0.1) is 0 Å². The highest BCUT2D eigenvalue weighted by Crippen LogP contribution is 2.37. The van der Waals surface area contributed by atoms with E-state index < -0.39 is 8.80 Å². The maximum absolute atomic E-state index is 2.60. The summed E-state index contributed by atoms with van der Waals surface area (Å²) in [7, 11) is -0.706. The second kappa shape index (κ2) is 8.17. The largest absolute Gasteiger partial charge is 0.0682 e. The molecule has 118 valence electrons. The van der Waals surface area contributed by atoms with Gasteiger partial charge in [0.2, 0.25) is 0 Å². The minimum atomic E-state index is -0.706. The fourth-order valence-corrected chi connectivity index (χ4v) is 5.60. The first kappa shape index (κ1) is 16.8. The summed E-state index contributed by atoms with van der Waals surface area (Å²) < 4.78 is 0. The van der Waals surface area contributed by atoms with E-state index in [1.165, 1.54) is 51.4 Å². The van der Waals surface area contributed by atoms with Crippen LogP contribution in [0.25, 0.3) is 0 Å². The van der Waals surface area contributed by atoms with Crippen LogP contribution in [0.2, 0.25) is 13.1 Å². The van der Waals surface area contributed by atoms with Crippen LogP contribution in [0, 0.1) is 5.92 Å². The van der Waals surface area contributed by atoms with Crippen molar-refractivity contribution in [2.75, 3.05) is 0 Å². The van der Waals surface area contributed by atoms with Crippen LogP contribution in [-0.4, -0.2) is 8.80 Å². The molecule has 1 aliphatic rings. The van der Waals surface area contributed by atoms with E-state index in [9.17, 15) is 0 Å². The molecule has 0 amide bonds. The molecule has 0 aromatic heterocycles. The summed E-state index contributed by atoms with van der Waals surface area (Å²) in [4.78, 5) is 0. The van der Waals surface area contributed by atoms with Crippen molar-refractivity contribution in [3.63, 3.8) is 0 Å². The number of rotatable bonds is 6. The van der Waals surface area contributed by atoms with Gasteiger partial charge in [-0.25, -0.2) is 0 Å². The van der Waals surface area contributed by atoms with Crippen molar-refractivity contribution < 1.29 is 0 Å². The van der Waals surface area contributed by atoms with Gasteiger partial charge in [-0.3, -0.25) is 0 Å². The molecule has 0 nitrogen and oxygen atoms in total. The van der Waals surface area contributed by atoms with Crippen molar-refractivity contribution in [2.45, 2.75) is 84.2 Å². The third-order valence-corrected chi connectivity index (χ3v) is 7.11. The van der Waals surface area contributed by atoms with Crippen LogP contribution in [0.4, 0.5) is 0 Å². The van der Waals surface area contributed by atoms with Gasteiger partial charge < -0.3 is 0 Å². The van der Waals surface area contributed by atoms with E-state index in [-0.39, 0.29) is 0 Å². The van der Waals surface area contributed by atoms with Gasteiger partial charge in [0.05, 0.1) is 8.80 Å². The van der Waals surface area contributed by atoms with Crippen LogP contribution in [0.15, 0.2) is 18.2 Å². The molecule has 2 rings (SSSR count). The Kier molecular flexibility index (Phi) is 6.54. The zero-order chi connectivity index (χ0) is 15.2. The van der Waals surface area contributed by atoms with Crippen LogP contribution in [0.3, 0.4) is 0 Å². The Labute approximate surface area is 134 Å². The number of hydrogen-bond donors (Lipinski definition) is 0. The van der Waals surface area contributed by atoms with Crippen LogP contribution >= 0.6 is 0 Å². The lowest BCUT2D eigenvalue weighted by Gasteiger charge is -2.29. The maximum atomic E-state index is 2.60. The standard InChI is InChI=1S/C20H34Si/c1-5-7-16-9-11-17(12-10-16)19-14-13-18(8-6-2)20(15-19)21(3)4/h13-17,21H,5-12H2,1-4H3. The van der Waals surface area contributed by atoms with E-state index in [1.807, 2.05) is 0 Å². The molecule has 0 N–H and O–H groups in total. The monoisotopic (exact) mass is 302 g/mol. The molecule has 1 fully saturated rings. The third-order valence-electron chi connectivity index (χ3n) is 5.33. The molecule has 0 heterocycles. The Hall–Kier alpha value is -0.563. The van der Waals surface area contributed by atoms with E-state index in [1.54, 1.807) is 16.3 Å². The Morgan fingerprint density at radius 2 is 1.71 bits per heavy atom. The number of aryl methyl sites for hydroxylation is 1. The lowest BCUT2D eigenvalue weighted by atomic mass is 9.77. The minimum absolute atomic E-state index is 0.706. The summed E-state index contributed by atoms with van der Waals surface area (Å²) in [6.45, 7) is 9.60. The molecule has 0 unspecified atom stereocenters. The summed E-state index contributed by atoms with van der Waals surface area (Å²) >= 11 is 0. The smallest absolute Gasteiger partial charge is 0.0651 e. The summed E-state index contributed by atoms with van der Waals surface area (Å²) in [6.07, 6.45) is 11.1. The Morgan fingerprint density at radius 3 is 2.29 bits per heavy atom. The summed E-state index contributed by atoms with van der Waals surface area (Å²) in [6, 6.07) is 7.52. The van der Waals surface area contributed by atoms with Crippen LogP contribution in [0.5, 0.6) is 0 Å². The van der Waals surface area contributed by atoms with Crippen molar-refractivity contribution in [1.29, 1.82) is 0 Å². The lowest BCUT2D eigenvalue weighted by Crippen LogP contribution is -2.28. The first-order valence-corrected chi connectivity index (χ1v) is 12.2. The Morgan fingerprint density at radius 1 is 1.00 bits per heavy atom. The van der Waals surface area contributed by atoms with E-state index in [0.29, 0.717) is 0 Å². The molecule has 1 aromatic carbocycles. The summed E-state index contributed by atoms with van der Waals surface area (Å²) in [5.41, 5.74) is 3.29. The van der Waals surface area contributed by atoms with Crippen LogP contribution in [0.1, 0.15) is 75.8 Å². The molecule has 1 aromatic rings. The van der Waals surface area contributed by atoms with Crippen molar-refractivity contribution in [3.8, 4) is 0 Å². The topological polar surface area (TPSA) is 0 Å². The molecule has 0 saturated heterocycles. The molecular weight excluding hydrogens is 268 g/mol.